The van der Waals surface area contributed by atoms with Crippen LogP contribution in [0.2, 0.25) is 0 Å². The van der Waals surface area contributed by atoms with Crippen molar-refractivity contribution in [2.75, 3.05) is 20.2 Å². The molecule has 20 heavy (non-hydrogen) atoms. The normalized spacial score (nSPS) is 17.4. The quantitative estimate of drug-likeness (QED) is 0.471. The minimum atomic E-state index is -0.0133. The number of hydrogen-bond donors (Lipinski definition) is 2. The maximum atomic E-state index is 5.86. The van der Waals surface area contributed by atoms with E-state index in [2.05, 4.69) is 29.5 Å². The second kappa shape index (κ2) is 8.18. The number of guanidine groups is 1. The summed E-state index contributed by atoms with van der Waals surface area (Å²) in [6, 6.07) is 8.06. The van der Waals surface area contributed by atoms with Crippen LogP contribution in [0.3, 0.4) is 0 Å². The maximum Gasteiger partial charge on any atom is 0.191 e. The Morgan fingerprint density at radius 2 is 2.05 bits per heavy atom. The molecule has 1 aromatic rings. The highest BCUT2D eigenvalue weighted by Gasteiger charge is 2.20. The van der Waals surface area contributed by atoms with Gasteiger partial charge in [0.15, 0.2) is 17.5 Å². The van der Waals surface area contributed by atoms with Gasteiger partial charge in [0.25, 0.3) is 0 Å². The van der Waals surface area contributed by atoms with Gasteiger partial charge in [0.1, 0.15) is 12.7 Å². The van der Waals surface area contributed by atoms with Crippen molar-refractivity contribution in [2.45, 2.75) is 26.0 Å². The fourth-order valence-corrected chi connectivity index (χ4v) is 1.84. The van der Waals surface area contributed by atoms with E-state index in [0.29, 0.717) is 19.2 Å². The molecule has 1 unspecified atom stereocenters. The minimum Gasteiger partial charge on any atom is -0.486 e. The third-order valence-electron chi connectivity index (χ3n) is 2.71. The summed E-state index contributed by atoms with van der Waals surface area (Å²) in [5.41, 5.74) is 0. The van der Waals surface area contributed by atoms with Crippen molar-refractivity contribution in [3.05, 3.63) is 24.3 Å². The van der Waals surface area contributed by atoms with Gasteiger partial charge >= 0.3 is 0 Å². The summed E-state index contributed by atoms with van der Waals surface area (Å²) in [5.74, 6) is 2.38. The summed E-state index contributed by atoms with van der Waals surface area (Å²) in [6.45, 7) is 5.34. The van der Waals surface area contributed by atoms with Gasteiger partial charge < -0.3 is 20.1 Å². The van der Waals surface area contributed by atoms with E-state index in [-0.39, 0.29) is 30.1 Å². The number of fused-ring (bicyclic) bond motifs is 1. The van der Waals surface area contributed by atoms with E-state index in [1.807, 2.05) is 24.3 Å². The molecule has 6 heteroatoms. The van der Waals surface area contributed by atoms with E-state index in [9.17, 15) is 0 Å². The standard InChI is InChI=1S/C14H21N3O2.HI/c1-10(2)17-14(15-3)16-8-11-9-18-12-6-4-5-7-13(12)19-11;/h4-7,10-11H,8-9H2,1-3H3,(H2,15,16,17);1H. The van der Waals surface area contributed by atoms with Gasteiger partial charge in [0.2, 0.25) is 0 Å². The van der Waals surface area contributed by atoms with Gasteiger partial charge in [0, 0.05) is 13.1 Å². The smallest absolute Gasteiger partial charge is 0.191 e. The molecule has 0 spiro atoms. The molecule has 5 nitrogen and oxygen atoms in total. The van der Waals surface area contributed by atoms with Gasteiger partial charge in [-0.1, -0.05) is 12.1 Å². The molecule has 1 aliphatic rings. The molecule has 0 aliphatic carbocycles. The van der Waals surface area contributed by atoms with Gasteiger partial charge in [-0.2, -0.15) is 0 Å². The van der Waals surface area contributed by atoms with Gasteiger partial charge in [-0.25, -0.2) is 0 Å². The Balaban J connectivity index is 0.00000200. The van der Waals surface area contributed by atoms with Crippen molar-refractivity contribution in [3.8, 4) is 11.5 Å². The summed E-state index contributed by atoms with van der Waals surface area (Å²) >= 11 is 0. The first-order valence-electron chi connectivity index (χ1n) is 6.54. The van der Waals surface area contributed by atoms with Gasteiger partial charge in [-0.05, 0) is 26.0 Å². The molecule has 1 aromatic carbocycles. The highest BCUT2D eigenvalue weighted by atomic mass is 127. The monoisotopic (exact) mass is 391 g/mol. The first kappa shape index (κ1) is 16.9. The van der Waals surface area contributed by atoms with Crippen LogP contribution >= 0.6 is 24.0 Å². The van der Waals surface area contributed by atoms with Crippen LogP contribution in [-0.2, 0) is 0 Å². The Kier molecular flexibility index (Phi) is 6.90. The van der Waals surface area contributed by atoms with Gasteiger partial charge in [-0.3, -0.25) is 4.99 Å². The molecule has 0 bridgehead atoms. The van der Waals surface area contributed by atoms with E-state index in [1.54, 1.807) is 7.05 Å². The van der Waals surface area contributed by atoms with E-state index in [4.69, 9.17) is 9.47 Å². The highest BCUT2D eigenvalue weighted by molar-refractivity contribution is 14.0. The lowest BCUT2D eigenvalue weighted by molar-refractivity contribution is 0.0936. The Morgan fingerprint density at radius 1 is 1.35 bits per heavy atom. The van der Waals surface area contributed by atoms with Gasteiger partial charge in [-0.15, -0.1) is 24.0 Å². The molecule has 2 rings (SSSR count). The number of hydrogen-bond acceptors (Lipinski definition) is 3. The average molecular weight is 391 g/mol. The summed E-state index contributed by atoms with van der Waals surface area (Å²) < 4.78 is 11.5. The SMILES string of the molecule is CN=C(NCC1COc2ccccc2O1)NC(C)C.I. The summed E-state index contributed by atoms with van der Waals surface area (Å²) in [4.78, 5) is 4.15. The predicted octanol–water partition coefficient (Wildman–Crippen LogP) is 2.02. The summed E-state index contributed by atoms with van der Waals surface area (Å²) in [6.07, 6.45) is -0.0133. The number of para-hydroxylation sites is 2. The molecule has 112 valence electrons. The number of nitrogens with zero attached hydrogens (tertiary/aromatic N) is 1. The molecule has 0 amide bonds. The van der Waals surface area contributed by atoms with E-state index in [0.717, 1.165) is 17.5 Å². The Hall–Kier alpha value is -1.18. The van der Waals surface area contributed by atoms with Crippen molar-refractivity contribution < 1.29 is 9.47 Å². The zero-order valence-electron chi connectivity index (χ0n) is 12.1. The number of aliphatic imine (C=N–C) groups is 1. The number of ether oxygens (including phenoxy) is 2. The van der Waals surface area contributed by atoms with Crippen molar-refractivity contribution in [1.82, 2.24) is 10.6 Å². The number of nitrogens with one attached hydrogen (secondary N) is 2. The number of rotatable bonds is 3. The molecule has 0 fully saturated rings. The predicted molar refractivity (Wildman–Crippen MR) is 91.4 cm³/mol. The summed E-state index contributed by atoms with van der Waals surface area (Å²) in [7, 11) is 1.76. The molecule has 0 radical (unpaired) electrons. The van der Waals surface area contributed by atoms with Crippen LogP contribution < -0.4 is 20.1 Å². The zero-order valence-corrected chi connectivity index (χ0v) is 14.4. The number of benzene rings is 1. The van der Waals surface area contributed by atoms with Crippen LogP contribution in [0.15, 0.2) is 29.3 Å². The van der Waals surface area contributed by atoms with E-state index in [1.165, 1.54) is 0 Å². The van der Waals surface area contributed by atoms with Crippen LogP contribution in [0.1, 0.15) is 13.8 Å². The van der Waals surface area contributed by atoms with Crippen molar-refractivity contribution >= 4 is 29.9 Å². The third-order valence-corrected chi connectivity index (χ3v) is 2.71. The van der Waals surface area contributed by atoms with Crippen LogP contribution in [0.25, 0.3) is 0 Å². The molecule has 1 heterocycles. The number of halogens is 1. The molecule has 1 aliphatic heterocycles. The molecule has 0 aromatic heterocycles. The minimum absolute atomic E-state index is 0. The fourth-order valence-electron chi connectivity index (χ4n) is 1.84. The second-order valence-corrected chi connectivity index (χ2v) is 4.75. The maximum absolute atomic E-state index is 5.86. The lowest BCUT2D eigenvalue weighted by Gasteiger charge is -2.27. The topological polar surface area (TPSA) is 54.9 Å². The molecule has 2 N–H and O–H groups in total. The second-order valence-electron chi connectivity index (χ2n) is 4.75. The third kappa shape index (κ3) is 4.73. The Morgan fingerprint density at radius 3 is 2.70 bits per heavy atom. The van der Waals surface area contributed by atoms with Gasteiger partial charge in [0.05, 0.1) is 6.54 Å². The molecule has 0 saturated heterocycles. The van der Waals surface area contributed by atoms with Crippen LogP contribution in [0, 0.1) is 0 Å². The summed E-state index contributed by atoms with van der Waals surface area (Å²) in [5, 5.41) is 6.47. The fraction of sp³-hybridized carbons (Fsp3) is 0.500. The van der Waals surface area contributed by atoms with E-state index >= 15 is 0 Å². The average Bonchev–Trinajstić information content (AvgIpc) is 2.42. The lowest BCUT2D eigenvalue weighted by atomic mass is 10.2. The lowest BCUT2D eigenvalue weighted by Crippen LogP contribution is -2.47. The van der Waals surface area contributed by atoms with E-state index < -0.39 is 0 Å². The van der Waals surface area contributed by atoms with Crippen molar-refractivity contribution in [3.63, 3.8) is 0 Å². The van der Waals surface area contributed by atoms with Crippen molar-refractivity contribution in [1.29, 1.82) is 0 Å². The van der Waals surface area contributed by atoms with Crippen molar-refractivity contribution in [2.24, 2.45) is 4.99 Å². The van der Waals surface area contributed by atoms with Crippen LogP contribution in [-0.4, -0.2) is 38.3 Å². The Labute approximate surface area is 137 Å². The largest absolute Gasteiger partial charge is 0.486 e. The Bertz CT molecular complexity index is 452. The van der Waals surface area contributed by atoms with Crippen LogP contribution in [0.5, 0.6) is 11.5 Å². The first-order valence-corrected chi connectivity index (χ1v) is 6.54. The molecular weight excluding hydrogens is 369 g/mol. The zero-order chi connectivity index (χ0) is 13.7. The highest BCUT2D eigenvalue weighted by Crippen LogP contribution is 2.30. The van der Waals surface area contributed by atoms with Crippen LogP contribution in [0.4, 0.5) is 0 Å². The molecular formula is C14H22IN3O2. The first-order chi connectivity index (χ1) is 9.19. The molecule has 0 saturated carbocycles. The molecule has 1 atom stereocenters.